The SMILES string of the molecule is N#C[C@@H]1CC2(NC(=O)COc3ccc(Cl)c(F)c3)CCC1(NC(=O)COc1ccc(Cl)c(F)c1)CC2. The highest BCUT2D eigenvalue weighted by atomic mass is 35.5. The van der Waals surface area contributed by atoms with E-state index >= 15 is 0 Å². The average Bonchev–Trinajstić information content (AvgIpc) is 2.86. The summed E-state index contributed by atoms with van der Waals surface area (Å²) in [5.74, 6) is -2.29. The molecule has 0 saturated heterocycles. The maximum Gasteiger partial charge on any atom is 0.258 e. The van der Waals surface area contributed by atoms with Gasteiger partial charge in [0.2, 0.25) is 0 Å². The summed E-state index contributed by atoms with van der Waals surface area (Å²) in [4.78, 5) is 25.2. The molecule has 5 rings (SSSR count). The zero-order valence-corrected chi connectivity index (χ0v) is 20.6. The zero-order chi connectivity index (χ0) is 25.9. The second-order valence-corrected chi connectivity index (χ2v) is 9.96. The number of nitriles is 1. The third-order valence-corrected chi connectivity index (χ3v) is 7.45. The Kier molecular flexibility index (Phi) is 7.57. The number of nitrogens with one attached hydrogen (secondary N) is 2. The number of fused-ring (bicyclic) bond motifs is 3. The minimum absolute atomic E-state index is 0.0429. The molecule has 0 aromatic heterocycles. The van der Waals surface area contributed by atoms with Crippen molar-refractivity contribution in [1.29, 1.82) is 5.26 Å². The van der Waals surface area contributed by atoms with Crippen LogP contribution in [-0.2, 0) is 9.59 Å². The van der Waals surface area contributed by atoms with Crippen LogP contribution in [0, 0.1) is 28.9 Å². The van der Waals surface area contributed by atoms with Crippen molar-refractivity contribution in [2.75, 3.05) is 13.2 Å². The molecule has 2 bridgehead atoms. The fourth-order valence-electron chi connectivity index (χ4n) is 4.95. The first kappa shape index (κ1) is 26.0. The van der Waals surface area contributed by atoms with Gasteiger partial charge < -0.3 is 20.1 Å². The second-order valence-electron chi connectivity index (χ2n) is 9.15. The molecule has 2 amide bonds. The molecule has 0 aliphatic heterocycles. The molecule has 1 atom stereocenters. The fraction of sp³-hybridized carbons (Fsp3) is 0.400. The van der Waals surface area contributed by atoms with Gasteiger partial charge in [0.15, 0.2) is 13.2 Å². The van der Waals surface area contributed by atoms with Crippen LogP contribution in [0.25, 0.3) is 0 Å². The van der Waals surface area contributed by atoms with Crippen molar-refractivity contribution >= 4 is 35.0 Å². The Labute approximate surface area is 216 Å². The second kappa shape index (κ2) is 10.5. The number of nitrogens with zero attached hydrogens (tertiary/aromatic N) is 1. The maximum atomic E-state index is 13.6. The smallest absolute Gasteiger partial charge is 0.258 e. The summed E-state index contributed by atoms with van der Waals surface area (Å²) in [5, 5.41) is 15.7. The van der Waals surface area contributed by atoms with Gasteiger partial charge in [0, 0.05) is 17.7 Å². The van der Waals surface area contributed by atoms with Crippen molar-refractivity contribution < 1.29 is 27.8 Å². The maximum absolute atomic E-state index is 13.6. The van der Waals surface area contributed by atoms with E-state index < -0.39 is 34.5 Å². The van der Waals surface area contributed by atoms with Gasteiger partial charge in [-0.1, -0.05) is 23.2 Å². The number of ether oxygens (including phenoxy) is 2. The van der Waals surface area contributed by atoms with E-state index in [1.807, 2.05) is 0 Å². The lowest BCUT2D eigenvalue weighted by atomic mass is 9.56. The van der Waals surface area contributed by atoms with Crippen LogP contribution >= 0.6 is 23.2 Å². The summed E-state index contributed by atoms with van der Waals surface area (Å²) in [6.07, 6.45) is 2.49. The summed E-state index contributed by atoms with van der Waals surface area (Å²) in [6.45, 7) is -0.657. The lowest BCUT2D eigenvalue weighted by Crippen LogP contribution is -2.68. The van der Waals surface area contributed by atoms with Crippen LogP contribution in [0.2, 0.25) is 10.0 Å². The number of carbonyl (C=O) groups excluding carboxylic acids is 2. The van der Waals surface area contributed by atoms with Crippen molar-refractivity contribution in [3.63, 3.8) is 0 Å². The Morgan fingerprint density at radius 1 is 0.917 bits per heavy atom. The van der Waals surface area contributed by atoms with E-state index in [2.05, 4.69) is 16.7 Å². The van der Waals surface area contributed by atoms with Gasteiger partial charge in [-0.15, -0.1) is 0 Å². The Hall–Kier alpha value is -3.09. The first-order chi connectivity index (χ1) is 17.1. The van der Waals surface area contributed by atoms with Crippen LogP contribution < -0.4 is 20.1 Å². The van der Waals surface area contributed by atoms with Crippen LogP contribution in [0.4, 0.5) is 8.78 Å². The molecule has 3 aliphatic carbocycles. The molecule has 0 heterocycles. The summed E-state index contributed by atoms with van der Waals surface area (Å²) < 4.78 is 37.9. The highest BCUT2D eigenvalue weighted by Crippen LogP contribution is 2.50. The summed E-state index contributed by atoms with van der Waals surface area (Å²) in [6, 6.07) is 10.1. The van der Waals surface area contributed by atoms with Gasteiger partial charge in [-0.3, -0.25) is 9.59 Å². The Morgan fingerprint density at radius 2 is 1.42 bits per heavy atom. The zero-order valence-electron chi connectivity index (χ0n) is 19.1. The number of amides is 2. The number of carbonyl (C=O) groups is 2. The molecule has 0 spiro atoms. The molecule has 11 heteroatoms. The molecule has 0 radical (unpaired) electrons. The Morgan fingerprint density at radius 3 is 1.89 bits per heavy atom. The fourth-order valence-corrected chi connectivity index (χ4v) is 5.18. The molecule has 190 valence electrons. The van der Waals surface area contributed by atoms with E-state index in [0.29, 0.717) is 32.1 Å². The molecule has 0 unspecified atom stereocenters. The van der Waals surface area contributed by atoms with Crippen LogP contribution in [0.15, 0.2) is 36.4 Å². The normalized spacial score (nSPS) is 24.5. The standard InChI is InChI=1S/C25H23Cl2F2N3O4/c26-18-3-1-16(9-20(18)28)35-13-22(33)31-24-5-7-25(8-6-24,15(11-24)12-30)32-23(34)14-36-17-2-4-19(27)21(29)10-17/h1-4,9-10,15H,5-8,11,13-14H2,(H,31,33)(H,32,34)/t15-,24?,25?/m0/s1. The van der Waals surface area contributed by atoms with Crippen molar-refractivity contribution in [2.24, 2.45) is 5.92 Å². The molecule has 2 aromatic rings. The van der Waals surface area contributed by atoms with E-state index in [4.69, 9.17) is 32.7 Å². The average molecular weight is 538 g/mol. The lowest BCUT2D eigenvalue weighted by molar-refractivity contribution is -0.131. The van der Waals surface area contributed by atoms with Crippen molar-refractivity contribution in [3.05, 3.63) is 58.1 Å². The van der Waals surface area contributed by atoms with Crippen molar-refractivity contribution in [2.45, 2.75) is 43.2 Å². The Balaban J connectivity index is 1.31. The molecule has 2 N–H and O–H groups in total. The number of hydrogen-bond donors (Lipinski definition) is 2. The molecular weight excluding hydrogens is 515 g/mol. The molecule has 3 fully saturated rings. The first-order valence-electron chi connectivity index (χ1n) is 11.3. The first-order valence-corrected chi connectivity index (χ1v) is 12.1. The van der Waals surface area contributed by atoms with Crippen molar-refractivity contribution in [3.8, 4) is 17.6 Å². The summed E-state index contributed by atoms with van der Waals surface area (Å²) in [5.41, 5.74) is -1.32. The van der Waals surface area contributed by atoms with Gasteiger partial charge in [0.25, 0.3) is 11.8 Å². The van der Waals surface area contributed by atoms with Gasteiger partial charge in [-0.2, -0.15) is 5.26 Å². The van der Waals surface area contributed by atoms with Gasteiger partial charge in [0.1, 0.15) is 23.1 Å². The highest BCUT2D eigenvalue weighted by molar-refractivity contribution is 6.31. The van der Waals surface area contributed by atoms with Gasteiger partial charge in [0.05, 0.1) is 27.6 Å². The predicted octanol–water partition coefficient (Wildman–Crippen LogP) is 4.56. The Bertz CT molecular complexity index is 1210. The monoisotopic (exact) mass is 537 g/mol. The third-order valence-electron chi connectivity index (χ3n) is 6.83. The van der Waals surface area contributed by atoms with Crippen LogP contribution in [0.3, 0.4) is 0 Å². The molecule has 2 aromatic carbocycles. The van der Waals surface area contributed by atoms with Crippen LogP contribution in [0.5, 0.6) is 11.5 Å². The molecule has 36 heavy (non-hydrogen) atoms. The van der Waals surface area contributed by atoms with Gasteiger partial charge >= 0.3 is 0 Å². The molecular formula is C25H23Cl2F2N3O4. The largest absolute Gasteiger partial charge is 0.484 e. The van der Waals surface area contributed by atoms with E-state index in [9.17, 15) is 23.6 Å². The summed E-state index contributed by atoms with van der Waals surface area (Å²) in [7, 11) is 0. The third kappa shape index (κ3) is 5.66. The van der Waals surface area contributed by atoms with Crippen molar-refractivity contribution in [1.82, 2.24) is 10.6 Å². The van der Waals surface area contributed by atoms with Crippen LogP contribution in [-0.4, -0.2) is 36.1 Å². The topological polar surface area (TPSA) is 100 Å². The highest BCUT2D eigenvalue weighted by Gasteiger charge is 2.56. The number of halogens is 4. The molecule has 7 nitrogen and oxygen atoms in total. The predicted molar refractivity (Wildman–Crippen MR) is 128 cm³/mol. The summed E-state index contributed by atoms with van der Waals surface area (Å²) >= 11 is 11.3. The number of hydrogen-bond acceptors (Lipinski definition) is 5. The van der Waals surface area contributed by atoms with E-state index in [1.54, 1.807) is 0 Å². The minimum Gasteiger partial charge on any atom is -0.484 e. The quantitative estimate of drug-likeness (QED) is 0.514. The molecule has 3 aliphatic rings. The number of rotatable bonds is 8. The molecule has 3 saturated carbocycles. The van der Waals surface area contributed by atoms with Crippen LogP contribution in [0.1, 0.15) is 32.1 Å². The number of benzene rings is 2. The van der Waals surface area contributed by atoms with E-state index in [1.165, 1.54) is 24.3 Å². The van der Waals surface area contributed by atoms with E-state index in [-0.39, 0.29) is 40.7 Å². The van der Waals surface area contributed by atoms with Gasteiger partial charge in [-0.05, 0) is 56.4 Å². The minimum atomic E-state index is -0.732. The van der Waals surface area contributed by atoms with E-state index in [0.717, 1.165) is 12.1 Å². The van der Waals surface area contributed by atoms with Gasteiger partial charge in [-0.25, -0.2) is 8.78 Å². The lowest BCUT2D eigenvalue weighted by Gasteiger charge is -2.56.